The lowest BCUT2D eigenvalue weighted by molar-refractivity contribution is -0.127. The molecule has 32 heavy (non-hydrogen) atoms. The van der Waals surface area contributed by atoms with Crippen LogP contribution in [-0.4, -0.2) is 66.9 Å². The average molecular weight is 441 g/mol. The second-order valence-corrected chi connectivity index (χ2v) is 8.47. The highest BCUT2D eigenvalue weighted by Gasteiger charge is 2.26. The van der Waals surface area contributed by atoms with E-state index in [9.17, 15) is 14.0 Å². The van der Waals surface area contributed by atoms with Crippen LogP contribution in [0, 0.1) is 19.7 Å². The Kier molecular flexibility index (Phi) is 8.36. The number of anilines is 1. The van der Waals surface area contributed by atoms with E-state index in [1.165, 1.54) is 12.1 Å². The quantitative estimate of drug-likeness (QED) is 0.663. The van der Waals surface area contributed by atoms with Gasteiger partial charge in [0.2, 0.25) is 11.8 Å². The number of aryl methyl sites for hydroxylation is 2. The van der Waals surface area contributed by atoms with Crippen molar-refractivity contribution in [3.8, 4) is 0 Å². The number of rotatable bonds is 8. The van der Waals surface area contributed by atoms with Gasteiger partial charge in [-0.25, -0.2) is 4.39 Å². The molecule has 3 rings (SSSR count). The maximum absolute atomic E-state index is 13.0. The molecule has 0 radical (unpaired) electrons. The van der Waals surface area contributed by atoms with Crippen LogP contribution in [0.4, 0.5) is 10.1 Å². The minimum absolute atomic E-state index is 0.00617. The number of hydrogen-bond donors (Lipinski definition) is 2. The summed E-state index contributed by atoms with van der Waals surface area (Å²) in [5.41, 5.74) is 4.00. The Morgan fingerprint density at radius 2 is 1.62 bits per heavy atom. The van der Waals surface area contributed by atoms with Crippen LogP contribution in [-0.2, 0) is 16.0 Å². The minimum Gasteiger partial charge on any atom is -0.354 e. The Bertz CT molecular complexity index is 904. The summed E-state index contributed by atoms with van der Waals surface area (Å²) in [5.74, 6) is -0.274. The first-order chi connectivity index (χ1) is 15.3. The molecule has 1 aliphatic rings. The van der Waals surface area contributed by atoms with E-state index in [-0.39, 0.29) is 23.7 Å². The molecule has 2 N–H and O–H groups in total. The standard InChI is InChI=1S/C25H33FN4O2/c1-18-5-4-6-19(2)24(18)28-23(31)17-29-13-15-30(16-14-29)20(3)25(32)27-12-11-21-7-9-22(26)10-8-21/h4-10,20H,11-17H2,1-3H3,(H,27,32)(H,28,31)/t20-/m0/s1. The van der Waals surface area contributed by atoms with Gasteiger partial charge in [0, 0.05) is 38.4 Å². The molecule has 2 aromatic carbocycles. The molecule has 1 saturated heterocycles. The van der Waals surface area contributed by atoms with Crippen molar-refractivity contribution in [3.05, 3.63) is 65.0 Å². The topological polar surface area (TPSA) is 64.7 Å². The van der Waals surface area contributed by atoms with E-state index in [0.29, 0.717) is 19.5 Å². The summed E-state index contributed by atoms with van der Waals surface area (Å²) >= 11 is 0. The van der Waals surface area contributed by atoms with Crippen molar-refractivity contribution >= 4 is 17.5 Å². The summed E-state index contributed by atoms with van der Waals surface area (Å²) in [6.07, 6.45) is 0.669. The SMILES string of the molecule is Cc1cccc(C)c1NC(=O)CN1CCN([C@@H](C)C(=O)NCCc2ccc(F)cc2)CC1. The minimum atomic E-state index is -0.256. The number of benzene rings is 2. The second kappa shape index (κ2) is 11.2. The van der Waals surface area contributed by atoms with Gasteiger partial charge in [-0.05, 0) is 56.0 Å². The van der Waals surface area contributed by atoms with Crippen molar-refractivity contribution in [1.29, 1.82) is 0 Å². The van der Waals surface area contributed by atoms with E-state index in [1.807, 2.05) is 39.0 Å². The van der Waals surface area contributed by atoms with Crippen molar-refractivity contribution in [2.45, 2.75) is 33.2 Å². The van der Waals surface area contributed by atoms with Crippen molar-refractivity contribution in [2.24, 2.45) is 0 Å². The summed E-state index contributed by atoms with van der Waals surface area (Å²) in [4.78, 5) is 29.3. The zero-order chi connectivity index (χ0) is 23.1. The van der Waals surface area contributed by atoms with Crippen LogP contribution in [0.5, 0.6) is 0 Å². The summed E-state index contributed by atoms with van der Waals surface area (Å²) in [6.45, 7) is 9.73. The molecule has 0 aromatic heterocycles. The number of nitrogens with zero attached hydrogens (tertiary/aromatic N) is 2. The molecule has 0 bridgehead atoms. The van der Waals surface area contributed by atoms with Crippen LogP contribution >= 0.6 is 0 Å². The largest absolute Gasteiger partial charge is 0.354 e. The van der Waals surface area contributed by atoms with Crippen molar-refractivity contribution in [1.82, 2.24) is 15.1 Å². The summed E-state index contributed by atoms with van der Waals surface area (Å²) in [7, 11) is 0. The maximum Gasteiger partial charge on any atom is 0.238 e. The van der Waals surface area contributed by atoms with Crippen LogP contribution in [0.15, 0.2) is 42.5 Å². The Morgan fingerprint density at radius 3 is 2.25 bits per heavy atom. The van der Waals surface area contributed by atoms with Gasteiger partial charge in [-0.15, -0.1) is 0 Å². The normalized spacial score (nSPS) is 15.9. The van der Waals surface area contributed by atoms with Gasteiger partial charge in [-0.3, -0.25) is 19.4 Å². The van der Waals surface area contributed by atoms with E-state index in [2.05, 4.69) is 20.4 Å². The van der Waals surface area contributed by atoms with Gasteiger partial charge in [0.25, 0.3) is 0 Å². The maximum atomic E-state index is 13.0. The lowest BCUT2D eigenvalue weighted by Gasteiger charge is -2.37. The highest BCUT2D eigenvalue weighted by atomic mass is 19.1. The van der Waals surface area contributed by atoms with Crippen LogP contribution in [0.3, 0.4) is 0 Å². The number of nitrogens with one attached hydrogen (secondary N) is 2. The zero-order valence-corrected chi connectivity index (χ0v) is 19.2. The van der Waals surface area contributed by atoms with Crippen molar-refractivity contribution < 1.29 is 14.0 Å². The van der Waals surface area contributed by atoms with Gasteiger partial charge in [-0.1, -0.05) is 30.3 Å². The monoisotopic (exact) mass is 440 g/mol. The molecule has 1 aliphatic heterocycles. The predicted molar refractivity (Wildman–Crippen MR) is 125 cm³/mol. The number of hydrogen-bond acceptors (Lipinski definition) is 4. The Hall–Kier alpha value is -2.77. The number of amides is 2. The Balaban J connectivity index is 1.39. The third-order valence-corrected chi connectivity index (χ3v) is 6.07. The van der Waals surface area contributed by atoms with Crippen LogP contribution < -0.4 is 10.6 Å². The first-order valence-electron chi connectivity index (χ1n) is 11.2. The summed E-state index contributed by atoms with van der Waals surface area (Å²) in [6, 6.07) is 12.1. The third kappa shape index (κ3) is 6.61. The number of carbonyl (C=O) groups excluding carboxylic acids is 2. The van der Waals surface area contributed by atoms with Gasteiger partial charge in [0.15, 0.2) is 0 Å². The van der Waals surface area contributed by atoms with E-state index in [4.69, 9.17) is 0 Å². The fourth-order valence-corrected chi connectivity index (χ4v) is 4.00. The first kappa shape index (κ1) is 23.9. The van der Waals surface area contributed by atoms with Gasteiger partial charge in [0.1, 0.15) is 5.82 Å². The van der Waals surface area contributed by atoms with Crippen LogP contribution in [0.1, 0.15) is 23.6 Å². The molecule has 0 unspecified atom stereocenters. The Labute approximate surface area is 189 Å². The van der Waals surface area contributed by atoms with Gasteiger partial charge in [-0.2, -0.15) is 0 Å². The molecule has 1 heterocycles. The number of carbonyl (C=O) groups is 2. The van der Waals surface area contributed by atoms with E-state index in [1.54, 1.807) is 12.1 Å². The van der Waals surface area contributed by atoms with Gasteiger partial charge >= 0.3 is 0 Å². The first-order valence-corrected chi connectivity index (χ1v) is 11.2. The fourth-order valence-electron chi connectivity index (χ4n) is 4.00. The number of piperazine rings is 1. The molecule has 2 aromatic rings. The van der Waals surface area contributed by atoms with Crippen molar-refractivity contribution in [3.63, 3.8) is 0 Å². The molecular formula is C25H33FN4O2. The number of halogens is 1. The lowest BCUT2D eigenvalue weighted by Crippen LogP contribution is -2.54. The molecular weight excluding hydrogens is 407 g/mol. The molecule has 172 valence electrons. The second-order valence-electron chi connectivity index (χ2n) is 8.47. The molecule has 2 amide bonds. The van der Waals surface area contributed by atoms with Gasteiger partial charge in [0.05, 0.1) is 12.6 Å². The predicted octanol–water partition coefficient (Wildman–Crippen LogP) is 2.75. The summed E-state index contributed by atoms with van der Waals surface area (Å²) in [5, 5.41) is 6.01. The zero-order valence-electron chi connectivity index (χ0n) is 19.2. The van der Waals surface area contributed by atoms with E-state index < -0.39 is 0 Å². The van der Waals surface area contributed by atoms with Crippen LogP contribution in [0.25, 0.3) is 0 Å². The number of para-hydroxylation sites is 1. The molecule has 7 heteroatoms. The lowest BCUT2D eigenvalue weighted by atomic mass is 10.1. The third-order valence-electron chi connectivity index (χ3n) is 6.07. The van der Waals surface area contributed by atoms with E-state index >= 15 is 0 Å². The van der Waals surface area contributed by atoms with Gasteiger partial charge < -0.3 is 10.6 Å². The average Bonchev–Trinajstić information content (AvgIpc) is 2.77. The highest BCUT2D eigenvalue weighted by molar-refractivity contribution is 5.93. The molecule has 1 atom stereocenters. The van der Waals surface area contributed by atoms with Crippen LogP contribution in [0.2, 0.25) is 0 Å². The fraction of sp³-hybridized carbons (Fsp3) is 0.440. The molecule has 0 saturated carbocycles. The molecule has 0 aliphatic carbocycles. The Morgan fingerprint density at radius 1 is 1.00 bits per heavy atom. The molecule has 6 nitrogen and oxygen atoms in total. The summed E-state index contributed by atoms with van der Waals surface area (Å²) < 4.78 is 13.0. The smallest absolute Gasteiger partial charge is 0.238 e. The highest BCUT2D eigenvalue weighted by Crippen LogP contribution is 2.19. The van der Waals surface area contributed by atoms with E-state index in [0.717, 1.165) is 48.6 Å². The molecule has 1 fully saturated rings. The van der Waals surface area contributed by atoms with Crippen molar-refractivity contribution in [2.75, 3.05) is 44.6 Å². The molecule has 0 spiro atoms.